The number of nitrogen functional groups attached to an aromatic ring is 1. The van der Waals surface area contributed by atoms with E-state index in [9.17, 15) is 60.2 Å². The molecule has 0 bridgehead atoms. The minimum absolute atomic E-state index is 0. The fraction of sp³-hybridized carbons (Fsp3) is 0.288. The third-order valence-electron chi connectivity index (χ3n) is 15.3. The molecule has 4 atom stereocenters. The number of amidine groups is 4. The number of nitrogens with two attached hydrogens (primary N) is 1. The van der Waals surface area contributed by atoms with Gasteiger partial charge in [-0.2, -0.15) is 0 Å². The van der Waals surface area contributed by atoms with E-state index in [4.69, 9.17) is 71.8 Å². The van der Waals surface area contributed by atoms with Gasteiger partial charge in [-0.1, -0.05) is 80.5 Å². The Morgan fingerprint density at radius 3 is 1.35 bits per heavy atom. The molecule has 1 fully saturated rings. The standard InChI is InChI=1S/C22H22ClF3N4O3S.C17H14BrClFN3O2S.C17H15ClFN3O2S.C7H4ClFO.C6H10O3.C4H5N3S.ClH/c1-2-33-21(32)17-15(10-30-7-5-16(31)22(25,26)11-30)28-19(20-27-6-8-34-20)29-18(17)13-4-3-12(24)9-14(13)23;1-2-25-17(24)13-12(8-18)22-15(16-21-5-6-26-16)23-14(13)10-4-3-9(20)7-11(10)19;1-3-24-17(23)13-9(2)21-15(16-20-6-7-25-16)22-14(13)11-5-4-10(19)8-12(11)18;8-7-3-6(9)2-1-5(7)4-10;1-3-9-6(8)4-5(2)7;5-3(6)4-7-1-2-8-4;/h3-4,6,8-9,16,18,31H,2,5,7,10-11H2,1H3,(H,28,29);3-7,14H,2,8H2,1H3,(H,22,23);4-8,14H,3H2,1-2H3,(H,21,22);1-4H;3-4H2,1-2H3;1-2H,(H3,5,6);1H. The number of esters is 4. The third-order valence-corrected chi connectivity index (χ3v) is 20.3. The number of nitrogens with zero attached hydrogens (tertiary/aromatic N) is 8. The number of alkyl halides is 3. The van der Waals surface area contributed by atoms with Gasteiger partial charge in [-0.3, -0.25) is 39.7 Å². The summed E-state index contributed by atoms with van der Waals surface area (Å²) in [5.41, 5.74) is 9.08. The van der Waals surface area contributed by atoms with E-state index in [-0.39, 0.29) is 95.4 Å². The summed E-state index contributed by atoms with van der Waals surface area (Å²) in [7, 11) is 0. The number of carbonyl (C=O) groups excluding carboxylic acids is 6. The predicted molar refractivity (Wildman–Crippen MR) is 429 cm³/mol. The number of rotatable bonds is 20. The number of hydrogen-bond acceptors (Lipinski definition) is 27. The lowest BCUT2D eigenvalue weighted by Gasteiger charge is -2.37. The van der Waals surface area contributed by atoms with Crippen molar-refractivity contribution in [1.82, 2.24) is 40.8 Å². The third kappa shape index (κ3) is 26.6. The van der Waals surface area contributed by atoms with E-state index in [1.165, 1.54) is 118 Å². The summed E-state index contributed by atoms with van der Waals surface area (Å²) < 4.78 is 101. The number of likely N-dealkylation sites (tertiary alicyclic amines) is 1. The van der Waals surface area contributed by atoms with Crippen LogP contribution in [0.3, 0.4) is 0 Å². The zero-order chi connectivity index (χ0) is 81.9. The summed E-state index contributed by atoms with van der Waals surface area (Å²) in [4.78, 5) is 101. The lowest BCUT2D eigenvalue weighted by atomic mass is 9.94. The number of aliphatic imine (C=N–C) groups is 3. The molecule has 0 aliphatic carbocycles. The number of hydrogen-bond donors (Lipinski definition) is 6. The molecule has 0 radical (unpaired) electrons. The Bertz CT molecular complexity index is 4840. The molecule has 0 amide bonds. The molecule has 0 spiro atoms. The van der Waals surface area contributed by atoms with Gasteiger partial charge in [0.05, 0.1) is 54.7 Å². The summed E-state index contributed by atoms with van der Waals surface area (Å²) in [5.74, 6) is -6.04. The van der Waals surface area contributed by atoms with Crippen LogP contribution in [0.1, 0.15) is 120 Å². The number of aromatic nitrogens is 4. The van der Waals surface area contributed by atoms with E-state index < -0.39 is 83.8 Å². The Morgan fingerprint density at radius 2 is 1.00 bits per heavy atom. The molecule has 8 aromatic rings. The first-order chi connectivity index (χ1) is 53.4. The number of piperidine rings is 1. The lowest BCUT2D eigenvalue weighted by Crippen LogP contribution is -2.53. The highest BCUT2D eigenvalue weighted by atomic mass is 79.9. The number of aliphatic hydroxyl groups excluding tert-OH is 1. The van der Waals surface area contributed by atoms with Gasteiger partial charge in [0, 0.05) is 119 Å². The minimum Gasteiger partial charge on any atom is -0.466 e. The van der Waals surface area contributed by atoms with Gasteiger partial charge in [-0.15, -0.1) is 57.8 Å². The van der Waals surface area contributed by atoms with Gasteiger partial charge in [-0.25, -0.2) is 60.7 Å². The quantitative estimate of drug-likeness (QED) is 0.00603. The van der Waals surface area contributed by atoms with Crippen molar-refractivity contribution < 1.29 is 79.2 Å². The van der Waals surface area contributed by atoms with Crippen LogP contribution in [0.4, 0.5) is 26.3 Å². The number of Topliss-reactive ketones (excluding diaryl/α,β-unsaturated/α-hetero) is 1. The molecular weight excluding hydrogens is 1730 g/mol. The van der Waals surface area contributed by atoms with Crippen LogP contribution < -0.4 is 21.7 Å². The molecule has 0 saturated carbocycles. The van der Waals surface area contributed by atoms with Gasteiger partial charge in [-0.05, 0) is 103 Å². The van der Waals surface area contributed by atoms with E-state index in [1.807, 2.05) is 10.8 Å². The van der Waals surface area contributed by atoms with Crippen LogP contribution in [-0.4, -0.2) is 153 Å². The number of nitrogens with one attached hydrogen (secondary N) is 4. The molecule has 4 aliphatic heterocycles. The monoisotopic (exact) mass is 1800 g/mol. The molecule has 40 heteroatoms. The molecule has 4 unspecified atom stereocenters. The molecule has 12 rings (SSSR count). The van der Waals surface area contributed by atoms with Crippen LogP contribution >= 0.6 is 120 Å². The minimum atomic E-state index is -3.29. The average molecular weight is 1810 g/mol. The number of halogens is 12. The van der Waals surface area contributed by atoms with E-state index in [1.54, 1.807) is 70.2 Å². The Balaban J connectivity index is 0.000000227. The van der Waals surface area contributed by atoms with Crippen LogP contribution in [-0.2, 0) is 42.9 Å². The molecule has 4 aliphatic rings. The van der Waals surface area contributed by atoms with Crippen molar-refractivity contribution in [2.24, 2.45) is 20.7 Å². The van der Waals surface area contributed by atoms with E-state index in [2.05, 4.69) is 71.5 Å². The van der Waals surface area contributed by atoms with Crippen molar-refractivity contribution in [2.45, 2.75) is 84.5 Å². The summed E-state index contributed by atoms with van der Waals surface area (Å²) in [6.07, 6.45) is 5.19. The number of thiazole rings is 4. The van der Waals surface area contributed by atoms with E-state index in [0.717, 1.165) is 12.1 Å². The second-order valence-corrected chi connectivity index (χ2v) is 28.9. The molecule has 7 N–H and O–H groups in total. The van der Waals surface area contributed by atoms with Gasteiger partial charge in [0.1, 0.15) is 59.7 Å². The zero-order valence-corrected chi connectivity index (χ0v) is 69.1. The normalized spacial score (nSPS) is 16.7. The summed E-state index contributed by atoms with van der Waals surface area (Å²) in [6.45, 7) is 10.3. The largest absolute Gasteiger partial charge is 0.466 e. The first-order valence-corrected chi connectivity index (χ1v) is 39.5. The SMILES string of the molecule is CCOC(=O)C1=C(C)NC(c2nccs2)=NC1c1ccc(F)cc1Cl.CCOC(=O)C1=C(CBr)NC(c2nccs2)=NC1c1ccc(F)cc1Cl.CCOC(=O)C1=C(CN2CCC(O)C(F)(F)C2)NC(c2nccs2)=NC1c1ccc(F)cc1Cl.CCOC(=O)CC(C)=O.Cl.N=C(N)c1nccs1.O=Cc1ccc(F)cc1Cl. The van der Waals surface area contributed by atoms with Crippen LogP contribution in [0.5, 0.6) is 0 Å². The van der Waals surface area contributed by atoms with E-state index in [0.29, 0.717) is 106 Å². The Morgan fingerprint density at radius 1 is 0.611 bits per heavy atom. The van der Waals surface area contributed by atoms with Crippen LogP contribution in [0.15, 0.2) is 168 Å². The van der Waals surface area contributed by atoms with Crippen LogP contribution in [0.2, 0.25) is 20.1 Å². The second kappa shape index (κ2) is 45.3. The maximum absolute atomic E-state index is 14.2. The fourth-order valence-corrected chi connectivity index (χ4v) is 14.1. The molecule has 602 valence electrons. The number of aliphatic hydroxyl groups is 1. The molecule has 4 aromatic heterocycles. The predicted octanol–water partition coefficient (Wildman–Crippen LogP) is 15.3. The number of aldehydes is 1. The van der Waals surface area contributed by atoms with Crippen molar-refractivity contribution >= 4 is 179 Å². The smallest absolute Gasteiger partial charge is 0.338 e. The molecule has 24 nitrogen and oxygen atoms in total. The van der Waals surface area contributed by atoms with Crippen molar-refractivity contribution in [3.05, 3.63) is 239 Å². The Hall–Kier alpha value is -8.85. The van der Waals surface area contributed by atoms with Gasteiger partial charge in [0.15, 0.2) is 49.7 Å². The Kier molecular flexibility index (Phi) is 37.3. The fourth-order valence-electron chi connectivity index (χ4n) is 10.4. The molecule has 8 heterocycles. The highest BCUT2D eigenvalue weighted by molar-refractivity contribution is 9.09. The van der Waals surface area contributed by atoms with Crippen molar-refractivity contribution in [2.75, 3.05) is 51.4 Å². The van der Waals surface area contributed by atoms with Crippen molar-refractivity contribution in [3.8, 4) is 0 Å². The molecule has 4 aromatic carbocycles. The first kappa shape index (κ1) is 93.0. The van der Waals surface area contributed by atoms with Crippen LogP contribution in [0.25, 0.3) is 0 Å². The van der Waals surface area contributed by atoms with Crippen molar-refractivity contribution in [1.29, 1.82) is 5.41 Å². The summed E-state index contributed by atoms with van der Waals surface area (Å²) >= 11 is 33.1. The summed E-state index contributed by atoms with van der Waals surface area (Å²) in [5, 5.41) is 36.5. The highest BCUT2D eigenvalue weighted by Crippen LogP contribution is 2.41. The Labute approximate surface area is 694 Å². The number of benzene rings is 4. The number of allylic oxidation sites excluding steroid dienone is 2. The number of carbonyl (C=O) groups is 6. The van der Waals surface area contributed by atoms with Gasteiger partial charge in [0.25, 0.3) is 5.92 Å². The topological polar surface area (TPSA) is 337 Å². The average Bonchev–Trinajstić information content (AvgIpc) is 1.60. The lowest BCUT2D eigenvalue weighted by molar-refractivity contribution is -0.148. The van der Waals surface area contributed by atoms with Crippen molar-refractivity contribution in [3.63, 3.8) is 0 Å². The maximum atomic E-state index is 14.2. The summed E-state index contributed by atoms with van der Waals surface area (Å²) in [6, 6.07) is 13.0. The highest BCUT2D eigenvalue weighted by Gasteiger charge is 2.45. The van der Waals surface area contributed by atoms with Gasteiger partial charge < -0.3 is 45.7 Å². The van der Waals surface area contributed by atoms with Gasteiger partial charge >= 0.3 is 23.9 Å². The molecule has 113 heavy (non-hydrogen) atoms. The maximum Gasteiger partial charge on any atom is 0.338 e. The second-order valence-electron chi connectivity index (χ2n) is 23.1. The zero-order valence-electron chi connectivity index (χ0n) is 60.4. The molecule has 1 saturated heterocycles. The first-order valence-electron chi connectivity index (χ1n) is 33.4. The van der Waals surface area contributed by atoms with E-state index >= 15 is 0 Å². The molecular formula is C73H71BrCl5F6N13O11S4. The number of ketones is 1. The van der Waals surface area contributed by atoms with Crippen LogP contribution in [0, 0.1) is 28.7 Å². The number of ether oxygens (including phenoxy) is 4. The van der Waals surface area contributed by atoms with Gasteiger partial charge in [0.2, 0.25) is 0 Å².